The predicted molar refractivity (Wildman–Crippen MR) is 87.4 cm³/mol. The lowest BCUT2D eigenvalue weighted by Gasteiger charge is -2.32. The smallest absolute Gasteiger partial charge is 0.314 e. The summed E-state index contributed by atoms with van der Waals surface area (Å²) in [6.07, 6.45) is 0.553. The zero-order chi connectivity index (χ0) is 17.7. The minimum absolute atomic E-state index is 0.0653. The van der Waals surface area contributed by atoms with Crippen molar-refractivity contribution in [3.63, 3.8) is 0 Å². The minimum Gasteiger partial charge on any atom is -0.489 e. The fourth-order valence-electron chi connectivity index (χ4n) is 2.43. The first-order valence-electron chi connectivity index (χ1n) is 8.08. The molecule has 1 atom stereocenters. The second-order valence-corrected chi connectivity index (χ2v) is 5.91. The van der Waals surface area contributed by atoms with Crippen LogP contribution in [0.25, 0.3) is 0 Å². The number of hydrogen-bond donors (Lipinski definition) is 1. The molecular weight excluding hydrogens is 315 g/mol. The zero-order valence-corrected chi connectivity index (χ0v) is 14.2. The van der Waals surface area contributed by atoms with E-state index in [-0.39, 0.29) is 17.9 Å². The molecule has 2 rings (SSSR count). The van der Waals surface area contributed by atoms with Gasteiger partial charge in [-0.15, -0.1) is 0 Å². The van der Waals surface area contributed by atoms with Gasteiger partial charge in [-0.1, -0.05) is 6.92 Å². The highest BCUT2D eigenvalue weighted by Crippen LogP contribution is 2.26. The van der Waals surface area contributed by atoms with E-state index >= 15 is 0 Å². The van der Waals surface area contributed by atoms with E-state index in [1.807, 2.05) is 20.8 Å². The van der Waals surface area contributed by atoms with Gasteiger partial charge < -0.3 is 19.7 Å². The first-order chi connectivity index (χ1) is 11.4. The van der Waals surface area contributed by atoms with Crippen molar-refractivity contribution in [2.45, 2.75) is 39.4 Å². The number of nitrogens with one attached hydrogen (secondary N) is 1. The lowest BCUT2D eigenvalue weighted by molar-refractivity contribution is -0.148. The molecule has 1 N–H and O–H groups in total. The van der Waals surface area contributed by atoms with Gasteiger partial charge in [-0.05, 0) is 32.4 Å². The van der Waals surface area contributed by atoms with Crippen LogP contribution >= 0.6 is 0 Å². The van der Waals surface area contributed by atoms with E-state index in [9.17, 15) is 14.0 Å². The summed E-state index contributed by atoms with van der Waals surface area (Å²) in [5.74, 6) is -1.67. The lowest BCUT2D eigenvalue weighted by Crippen LogP contribution is -2.49. The Morgan fingerprint density at radius 2 is 2.21 bits per heavy atom. The van der Waals surface area contributed by atoms with E-state index in [0.29, 0.717) is 25.4 Å². The standard InChI is InChI=1S/C17H23FN2O4/c1-4-13-10-20(7-8-23-13)17(22)16(21)19-14-9-12(18)5-6-15(14)24-11(2)3/h5-6,9,11,13H,4,7-8,10H2,1-3H3,(H,19,21). The average Bonchev–Trinajstić information content (AvgIpc) is 2.56. The van der Waals surface area contributed by atoms with E-state index in [1.165, 1.54) is 17.0 Å². The molecule has 1 unspecified atom stereocenters. The Morgan fingerprint density at radius 1 is 1.46 bits per heavy atom. The van der Waals surface area contributed by atoms with Crippen molar-refractivity contribution >= 4 is 17.5 Å². The van der Waals surface area contributed by atoms with Gasteiger partial charge in [0.2, 0.25) is 0 Å². The molecule has 0 saturated carbocycles. The van der Waals surface area contributed by atoms with Gasteiger partial charge in [0.15, 0.2) is 0 Å². The Balaban J connectivity index is 2.08. The van der Waals surface area contributed by atoms with Gasteiger partial charge in [0.05, 0.1) is 24.5 Å². The molecule has 0 spiro atoms. The molecule has 0 aromatic heterocycles. The predicted octanol–water partition coefficient (Wildman–Crippen LogP) is 2.19. The van der Waals surface area contributed by atoms with Crippen LogP contribution < -0.4 is 10.1 Å². The minimum atomic E-state index is -0.814. The van der Waals surface area contributed by atoms with Gasteiger partial charge in [0, 0.05) is 19.2 Å². The van der Waals surface area contributed by atoms with Crippen molar-refractivity contribution in [2.24, 2.45) is 0 Å². The number of benzene rings is 1. The summed E-state index contributed by atoms with van der Waals surface area (Å²) in [7, 11) is 0. The molecule has 1 aromatic carbocycles. The van der Waals surface area contributed by atoms with Crippen molar-refractivity contribution in [3.8, 4) is 5.75 Å². The molecule has 1 aliphatic heterocycles. The summed E-state index contributed by atoms with van der Waals surface area (Å²) in [6.45, 7) is 6.74. The van der Waals surface area contributed by atoms with Gasteiger partial charge in [-0.25, -0.2) is 4.39 Å². The first-order valence-corrected chi connectivity index (χ1v) is 8.08. The summed E-state index contributed by atoms with van der Waals surface area (Å²) >= 11 is 0. The summed E-state index contributed by atoms with van der Waals surface area (Å²) in [6, 6.07) is 3.80. The van der Waals surface area contributed by atoms with Crippen LogP contribution in [-0.2, 0) is 14.3 Å². The molecule has 1 aromatic rings. The number of nitrogens with zero attached hydrogens (tertiary/aromatic N) is 1. The molecule has 0 radical (unpaired) electrons. The Bertz CT molecular complexity index is 606. The van der Waals surface area contributed by atoms with Crippen LogP contribution in [0.4, 0.5) is 10.1 Å². The number of carbonyl (C=O) groups is 2. The van der Waals surface area contributed by atoms with Gasteiger partial charge >= 0.3 is 11.8 Å². The third kappa shape index (κ3) is 4.67. The second-order valence-electron chi connectivity index (χ2n) is 5.91. The van der Waals surface area contributed by atoms with E-state index in [0.717, 1.165) is 12.5 Å². The summed E-state index contributed by atoms with van der Waals surface area (Å²) in [4.78, 5) is 26.0. The van der Waals surface area contributed by atoms with Crippen LogP contribution in [0.1, 0.15) is 27.2 Å². The monoisotopic (exact) mass is 338 g/mol. The SMILES string of the molecule is CCC1CN(C(=O)C(=O)Nc2cc(F)ccc2OC(C)C)CCO1. The van der Waals surface area contributed by atoms with E-state index in [1.54, 1.807) is 0 Å². The Hall–Kier alpha value is -2.15. The molecule has 1 aliphatic rings. The van der Waals surface area contributed by atoms with Crippen LogP contribution in [0.5, 0.6) is 5.75 Å². The molecule has 1 saturated heterocycles. The molecule has 1 heterocycles. The Kier molecular flexibility index (Phi) is 6.14. The summed E-state index contributed by atoms with van der Waals surface area (Å²) in [5, 5.41) is 2.45. The highest BCUT2D eigenvalue weighted by Gasteiger charge is 2.28. The highest BCUT2D eigenvalue weighted by atomic mass is 19.1. The largest absolute Gasteiger partial charge is 0.489 e. The third-order valence-electron chi connectivity index (χ3n) is 3.63. The molecule has 132 valence electrons. The number of morpholine rings is 1. The average molecular weight is 338 g/mol. The van der Waals surface area contributed by atoms with Crippen LogP contribution in [-0.4, -0.2) is 48.6 Å². The van der Waals surface area contributed by atoms with Crippen molar-refractivity contribution in [2.75, 3.05) is 25.0 Å². The molecule has 2 amide bonds. The topological polar surface area (TPSA) is 67.9 Å². The first kappa shape index (κ1) is 18.2. The maximum atomic E-state index is 13.5. The number of rotatable bonds is 4. The number of amides is 2. The second kappa shape index (κ2) is 8.10. The van der Waals surface area contributed by atoms with Gasteiger partial charge in [-0.3, -0.25) is 9.59 Å². The van der Waals surface area contributed by atoms with Gasteiger partial charge in [-0.2, -0.15) is 0 Å². The summed E-state index contributed by atoms with van der Waals surface area (Å²) in [5.41, 5.74) is 0.141. The molecule has 1 fully saturated rings. The van der Waals surface area contributed by atoms with Gasteiger partial charge in [0.25, 0.3) is 0 Å². The fourth-order valence-corrected chi connectivity index (χ4v) is 2.43. The van der Waals surface area contributed by atoms with Gasteiger partial charge in [0.1, 0.15) is 11.6 Å². The van der Waals surface area contributed by atoms with Crippen LogP contribution in [0.2, 0.25) is 0 Å². The summed E-state index contributed by atoms with van der Waals surface area (Å²) < 4.78 is 24.5. The molecule has 24 heavy (non-hydrogen) atoms. The van der Waals surface area contributed by atoms with Crippen molar-refractivity contribution < 1.29 is 23.5 Å². The van der Waals surface area contributed by atoms with E-state index < -0.39 is 17.6 Å². The van der Waals surface area contributed by atoms with Crippen LogP contribution in [0, 0.1) is 5.82 Å². The molecular formula is C17H23FN2O4. The number of halogens is 1. The maximum Gasteiger partial charge on any atom is 0.314 e. The van der Waals surface area contributed by atoms with Crippen molar-refractivity contribution in [1.82, 2.24) is 4.90 Å². The lowest BCUT2D eigenvalue weighted by atomic mass is 10.2. The Morgan fingerprint density at radius 3 is 2.88 bits per heavy atom. The Labute approximate surface area is 140 Å². The number of hydrogen-bond acceptors (Lipinski definition) is 4. The molecule has 7 heteroatoms. The van der Waals surface area contributed by atoms with E-state index in [2.05, 4.69) is 5.32 Å². The number of anilines is 1. The van der Waals surface area contributed by atoms with E-state index in [4.69, 9.17) is 9.47 Å². The quantitative estimate of drug-likeness (QED) is 0.855. The zero-order valence-electron chi connectivity index (χ0n) is 14.2. The van der Waals surface area contributed by atoms with Crippen LogP contribution in [0.3, 0.4) is 0 Å². The number of ether oxygens (including phenoxy) is 2. The molecule has 0 bridgehead atoms. The normalized spacial score (nSPS) is 17.7. The number of carbonyl (C=O) groups excluding carboxylic acids is 2. The third-order valence-corrected chi connectivity index (χ3v) is 3.63. The maximum absolute atomic E-state index is 13.5. The van der Waals surface area contributed by atoms with Crippen molar-refractivity contribution in [1.29, 1.82) is 0 Å². The van der Waals surface area contributed by atoms with Crippen molar-refractivity contribution in [3.05, 3.63) is 24.0 Å². The highest BCUT2D eigenvalue weighted by molar-refractivity contribution is 6.39. The fraction of sp³-hybridized carbons (Fsp3) is 0.529. The molecule has 0 aliphatic carbocycles. The molecule has 6 nitrogen and oxygen atoms in total. The van der Waals surface area contributed by atoms with Crippen LogP contribution in [0.15, 0.2) is 18.2 Å².